The summed E-state index contributed by atoms with van der Waals surface area (Å²) >= 11 is 7.68. The van der Waals surface area contributed by atoms with E-state index in [2.05, 4.69) is 5.43 Å². The number of benzene rings is 1. The van der Waals surface area contributed by atoms with Gasteiger partial charge in [0.05, 0.1) is 5.02 Å². The number of hydrogen-bond donors (Lipinski definition) is 1. The number of nitrogens with one attached hydrogen (secondary N) is 1. The summed E-state index contributed by atoms with van der Waals surface area (Å²) in [5.41, 5.74) is 4.41. The normalized spacial score (nSPS) is 10.9. The number of hydrogen-bond acceptors (Lipinski definition) is 5. The van der Waals surface area contributed by atoms with Crippen molar-refractivity contribution in [2.75, 3.05) is 12.0 Å². The maximum atomic E-state index is 12.8. The van der Waals surface area contributed by atoms with Crippen LogP contribution in [-0.4, -0.2) is 28.9 Å². The molecule has 0 saturated heterocycles. The van der Waals surface area contributed by atoms with E-state index in [4.69, 9.17) is 16.3 Å². The molecule has 3 rings (SSSR count). The molecule has 146 valence electrons. The van der Waals surface area contributed by atoms with Crippen LogP contribution in [0.1, 0.15) is 44.8 Å². The number of aromatic nitrogens is 1. The van der Waals surface area contributed by atoms with Crippen molar-refractivity contribution in [3.8, 4) is 0 Å². The number of aryl methyl sites for hydroxylation is 1. The number of thiophene rings is 1. The second-order valence-corrected chi connectivity index (χ2v) is 7.67. The van der Waals surface area contributed by atoms with Crippen molar-refractivity contribution in [2.24, 2.45) is 0 Å². The maximum Gasteiger partial charge on any atom is 0.305 e. The van der Waals surface area contributed by atoms with E-state index in [9.17, 15) is 14.4 Å². The van der Waals surface area contributed by atoms with Crippen LogP contribution in [0.15, 0.2) is 30.3 Å². The van der Waals surface area contributed by atoms with E-state index < -0.39 is 5.97 Å². The number of nitrogens with zero attached hydrogens (tertiary/aromatic N) is 1. The summed E-state index contributed by atoms with van der Waals surface area (Å²) in [6.45, 7) is 4.82. The Kier molecular flexibility index (Phi) is 5.86. The Morgan fingerprint density at radius 1 is 1.21 bits per heavy atom. The van der Waals surface area contributed by atoms with Gasteiger partial charge in [-0.2, -0.15) is 0 Å². The lowest BCUT2D eigenvalue weighted by Gasteiger charge is -2.11. The van der Waals surface area contributed by atoms with E-state index >= 15 is 0 Å². The summed E-state index contributed by atoms with van der Waals surface area (Å²) in [5.74, 6) is -1.12. The summed E-state index contributed by atoms with van der Waals surface area (Å²) < 4.78 is 7.37. The molecule has 1 amide bonds. The zero-order valence-electron chi connectivity index (χ0n) is 15.7. The average molecular weight is 419 g/mol. The molecule has 0 unspecified atom stereocenters. The van der Waals surface area contributed by atoms with E-state index in [1.807, 2.05) is 24.3 Å². The number of Topliss-reactive ketones (excluding diaryl/α,β-unsaturated/α-hetero) is 1. The molecule has 2 heterocycles. The molecule has 2 aromatic heterocycles. The second kappa shape index (κ2) is 8.16. The molecule has 8 heteroatoms. The first-order valence-corrected chi connectivity index (χ1v) is 9.89. The first kappa shape index (κ1) is 20.1. The van der Waals surface area contributed by atoms with E-state index in [0.717, 1.165) is 10.1 Å². The van der Waals surface area contributed by atoms with Crippen molar-refractivity contribution < 1.29 is 19.1 Å². The quantitative estimate of drug-likeness (QED) is 0.472. The van der Waals surface area contributed by atoms with Gasteiger partial charge in [-0.1, -0.05) is 36.7 Å². The van der Waals surface area contributed by atoms with Crippen LogP contribution in [0.2, 0.25) is 5.02 Å². The molecule has 0 aliphatic heterocycles. The molecule has 0 radical (unpaired) electrons. The summed E-state index contributed by atoms with van der Waals surface area (Å²) in [6, 6.07) is 9.19. The van der Waals surface area contributed by atoms with Crippen molar-refractivity contribution in [3.05, 3.63) is 57.2 Å². The fourth-order valence-electron chi connectivity index (χ4n) is 2.86. The predicted octanol–water partition coefficient (Wildman–Crippen LogP) is 4.49. The number of carbonyl (C=O) groups excluding carboxylic acids is 3. The standard InChI is InChI=1S/C20H19ClN2O4S/c1-4-17(25)27-10-15(24)14-9-11(2)23(12(14)3)22-20(26)19-18(21)13-7-5-6-8-16(13)28-19/h5-9H,4,10H2,1-3H3,(H,22,26). The Morgan fingerprint density at radius 3 is 2.61 bits per heavy atom. The molecule has 0 bridgehead atoms. The van der Waals surface area contributed by atoms with Crippen LogP contribution in [0.3, 0.4) is 0 Å². The van der Waals surface area contributed by atoms with Crippen molar-refractivity contribution in [3.63, 3.8) is 0 Å². The lowest BCUT2D eigenvalue weighted by Crippen LogP contribution is -2.24. The van der Waals surface area contributed by atoms with Crippen LogP contribution < -0.4 is 5.43 Å². The SMILES string of the molecule is CCC(=O)OCC(=O)c1cc(C)n(NC(=O)c2sc3ccccc3c2Cl)c1C. The third kappa shape index (κ3) is 3.81. The Balaban J connectivity index is 1.83. The van der Waals surface area contributed by atoms with Gasteiger partial charge in [-0.3, -0.25) is 24.5 Å². The molecule has 0 spiro atoms. The van der Waals surface area contributed by atoms with E-state index in [1.54, 1.807) is 26.8 Å². The Hall–Kier alpha value is -2.64. The lowest BCUT2D eigenvalue weighted by molar-refractivity contribution is -0.142. The number of esters is 1. The monoisotopic (exact) mass is 418 g/mol. The van der Waals surface area contributed by atoms with Gasteiger partial charge in [0.1, 0.15) is 4.88 Å². The number of ether oxygens (including phenoxy) is 1. The highest BCUT2D eigenvalue weighted by Gasteiger charge is 2.21. The Morgan fingerprint density at radius 2 is 1.93 bits per heavy atom. The third-order valence-electron chi connectivity index (χ3n) is 4.34. The highest BCUT2D eigenvalue weighted by molar-refractivity contribution is 7.21. The molecule has 0 aliphatic carbocycles. The minimum atomic E-state index is -0.435. The van der Waals surface area contributed by atoms with Gasteiger partial charge in [0, 0.05) is 33.5 Å². The zero-order valence-corrected chi connectivity index (χ0v) is 17.2. The zero-order chi connectivity index (χ0) is 20.4. The van der Waals surface area contributed by atoms with E-state index in [1.165, 1.54) is 16.0 Å². The molecule has 0 fully saturated rings. The van der Waals surface area contributed by atoms with Gasteiger partial charge in [-0.05, 0) is 26.0 Å². The van der Waals surface area contributed by atoms with E-state index in [-0.39, 0.29) is 24.7 Å². The summed E-state index contributed by atoms with van der Waals surface area (Å²) in [4.78, 5) is 36.8. The van der Waals surface area contributed by atoms with Gasteiger partial charge in [0.2, 0.25) is 5.78 Å². The van der Waals surface area contributed by atoms with Gasteiger partial charge >= 0.3 is 5.97 Å². The minimum absolute atomic E-state index is 0.207. The summed E-state index contributed by atoms with van der Waals surface area (Å²) in [7, 11) is 0. The Bertz CT molecular complexity index is 1080. The smallest absolute Gasteiger partial charge is 0.305 e. The van der Waals surface area contributed by atoms with Gasteiger partial charge in [-0.25, -0.2) is 0 Å². The fourth-order valence-corrected chi connectivity index (χ4v) is 4.26. The largest absolute Gasteiger partial charge is 0.457 e. The number of amides is 1. The lowest BCUT2D eigenvalue weighted by atomic mass is 10.1. The molecular formula is C20H19ClN2O4S. The number of carbonyl (C=O) groups is 3. The molecule has 28 heavy (non-hydrogen) atoms. The van der Waals surface area contributed by atoms with Crippen LogP contribution in [0, 0.1) is 13.8 Å². The molecule has 3 aromatic rings. The maximum absolute atomic E-state index is 12.8. The van der Waals surface area contributed by atoms with Crippen molar-refractivity contribution in [1.29, 1.82) is 0 Å². The number of fused-ring (bicyclic) bond motifs is 1. The van der Waals surface area contributed by atoms with Crippen LogP contribution in [-0.2, 0) is 9.53 Å². The van der Waals surface area contributed by atoms with Crippen molar-refractivity contribution in [2.45, 2.75) is 27.2 Å². The molecular weight excluding hydrogens is 400 g/mol. The predicted molar refractivity (Wildman–Crippen MR) is 110 cm³/mol. The number of rotatable bonds is 6. The summed E-state index contributed by atoms with van der Waals surface area (Å²) in [6.07, 6.45) is 0.207. The highest BCUT2D eigenvalue weighted by atomic mass is 35.5. The van der Waals surface area contributed by atoms with E-state index in [0.29, 0.717) is 26.9 Å². The molecule has 0 atom stereocenters. The average Bonchev–Trinajstić information content (AvgIpc) is 3.17. The fraction of sp³-hybridized carbons (Fsp3) is 0.250. The second-order valence-electron chi connectivity index (χ2n) is 6.24. The topological polar surface area (TPSA) is 77.4 Å². The first-order valence-electron chi connectivity index (χ1n) is 8.69. The molecule has 1 aromatic carbocycles. The summed E-state index contributed by atoms with van der Waals surface area (Å²) in [5, 5.41) is 1.23. The van der Waals surface area contributed by atoms with Gasteiger partial charge in [-0.15, -0.1) is 11.3 Å². The number of halogens is 1. The van der Waals surface area contributed by atoms with Crippen LogP contribution >= 0.6 is 22.9 Å². The van der Waals surface area contributed by atoms with Gasteiger partial charge < -0.3 is 4.74 Å². The third-order valence-corrected chi connectivity index (χ3v) is 6.01. The van der Waals surface area contributed by atoms with Gasteiger partial charge in [0.25, 0.3) is 5.91 Å². The molecule has 1 N–H and O–H groups in total. The first-order chi connectivity index (χ1) is 13.3. The minimum Gasteiger partial charge on any atom is -0.457 e. The number of ketones is 1. The molecule has 0 saturated carbocycles. The van der Waals surface area contributed by atoms with Crippen molar-refractivity contribution in [1.82, 2.24) is 4.68 Å². The van der Waals surface area contributed by atoms with Crippen LogP contribution in [0.4, 0.5) is 0 Å². The molecule has 0 aliphatic rings. The molecule has 6 nitrogen and oxygen atoms in total. The van der Waals surface area contributed by atoms with Crippen LogP contribution in [0.5, 0.6) is 0 Å². The van der Waals surface area contributed by atoms with Crippen LogP contribution in [0.25, 0.3) is 10.1 Å². The van der Waals surface area contributed by atoms with Gasteiger partial charge in [0.15, 0.2) is 6.61 Å². The Labute approximate surface area is 171 Å². The highest BCUT2D eigenvalue weighted by Crippen LogP contribution is 2.35. The van der Waals surface area contributed by atoms with Crippen molar-refractivity contribution >= 4 is 50.7 Å².